The number of halogens is 1. The van der Waals surface area contributed by atoms with Crippen molar-refractivity contribution in [2.24, 2.45) is 0 Å². The number of aryl methyl sites for hydroxylation is 3. The summed E-state index contributed by atoms with van der Waals surface area (Å²) in [6.45, 7) is 4.88. The Labute approximate surface area is 246 Å². The van der Waals surface area contributed by atoms with E-state index in [0.717, 1.165) is 18.4 Å². The summed E-state index contributed by atoms with van der Waals surface area (Å²) in [5.74, 6) is 1.82. The van der Waals surface area contributed by atoms with Crippen LogP contribution in [0.25, 0.3) is 0 Å². The molecule has 2 aromatic rings. The third kappa shape index (κ3) is 9.56. The number of methoxy groups -OCH3 is 1. The van der Waals surface area contributed by atoms with Crippen molar-refractivity contribution in [3.05, 3.63) is 29.6 Å². The number of tetrazole rings is 1. The maximum Gasteiger partial charge on any atom is 0.237 e. The van der Waals surface area contributed by atoms with E-state index in [1.165, 1.54) is 0 Å². The topological polar surface area (TPSA) is 153 Å². The summed E-state index contributed by atoms with van der Waals surface area (Å²) in [6.07, 6.45) is 3.74. The highest BCUT2D eigenvalue weighted by Crippen LogP contribution is 2.30. The van der Waals surface area contributed by atoms with Crippen molar-refractivity contribution in [2.45, 2.75) is 70.6 Å². The highest BCUT2D eigenvalue weighted by molar-refractivity contribution is 5.85. The molecule has 3 aliphatic rings. The Kier molecular flexibility index (Phi) is 12.6. The third-order valence-electron chi connectivity index (χ3n) is 7.25. The molecule has 1 aromatic carbocycles. The number of carbonyl (C=O) groups is 3. The van der Waals surface area contributed by atoms with E-state index >= 15 is 0 Å². The van der Waals surface area contributed by atoms with Crippen LogP contribution in [0.3, 0.4) is 0 Å². The Morgan fingerprint density at radius 1 is 1.12 bits per heavy atom. The van der Waals surface area contributed by atoms with E-state index in [9.17, 15) is 14.4 Å². The third-order valence-corrected chi connectivity index (χ3v) is 7.25. The monoisotopic (exact) mass is 592 g/mol. The van der Waals surface area contributed by atoms with Gasteiger partial charge in [0.2, 0.25) is 17.7 Å². The zero-order valence-electron chi connectivity index (χ0n) is 23.8. The van der Waals surface area contributed by atoms with Gasteiger partial charge in [0.1, 0.15) is 11.9 Å². The molecule has 13 nitrogen and oxygen atoms in total. The normalized spacial score (nSPS) is 21.0. The molecule has 226 valence electrons. The first-order valence-corrected chi connectivity index (χ1v) is 14.0. The standard InChI is InChI=1S/C27H40N8O5.ClH/c1-19-31-32-33-35(19)15-10-26(37)34-13-4-3-11-29-27(38)22-17-21(18-30-22)40-23-8-6-20(16-24(23)39-2)7-9-25(36)28-12-5-14-34;/h6,8,16,21-22,30H,3-5,7,9-15,17-18H2,1-2H3,(H,28,36)(H,29,38);1H/t21-,22-;/m0./s1. The molecule has 3 N–H and O–H groups in total. The molecular weight excluding hydrogens is 552 g/mol. The summed E-state index contributed by atoms with van der Waals surface area (Å²) in [6, 6.07) is 5.36. The fourth-order valence-corrected chi connectivity index (χ4v) is 4.92. The SMILES string of the molecule is COc1cc2ccc1O[C@@H]1CN[C@@H](C1)C(=O)NCCCCN(C(=O)CCn1nnnc1C)CCCNC(=O)CC2.Cl. The maximum absolute atomic E-state index is 13.0. The van der Waals surface area contributed by atoms with Crippen molar-refractivity contribution in [1.29, 1.82) is 0 Å². The van der Waals surface area contributed by atoms with Crippen LogP contribution < -0.4 is 25.4 Å². The van der Waals surface area contributed by atoms with Gasteiger partial charge in [-0.1, -0.05) is 6.07 Å². The van der Waals surface area contributed by atoms with Crippen molar-refractivity contribution in [3.63, 3.8) is 0 Å². The first-order chi connectivity index (χ1) is 19.4. The Bertz CT molecular complexity index is 1160. The van der Waals surface area contributed by atoms with E-state index < -0.39 is 0 Å². The lowest BCUT2D eigenvalue weighted by molar-refractivity contribution is -0.131. The van der Waals surface area contributed by atoms with Gasteiger partial charge < -0.3 is 30.3 Å². The molecule has 3 aliphatic heterocycles. The van der Waals surface area contributed by atoms with E-state index in [1.807, 2.05) is 23.1 Å². The highest BCUT2D eigenvalue weighted by Gasteiger charge is 2.31. The molecule has 3 amide bonds. The number of hydrogen-bond donors (Lipinski definition) is 3. The Hall–Kier alpha value is -3.45. The first kappa shape index (κ1) is 32.1. The Morgan fingerprint density at radius 3 is 2.71 bits per heavy atom. The molecule has 0 saturated carbocycles. The van der Waals surface area contributed by atoms with Crippen LogP contribution in [-0.2, 0) is 27.3 Å². The van der Waals surface area contributed by atoms with Gasteiger partial charge in [0.15, 0.2) is 11.5 Å². The van der Waals surface area contributed by atoms with Crippen LogP contribution in [0.2, 0.25) is 0 Å². The largest absolute Gasteiger partial charge is 0.493 e. The van der Waals surface area contributed by atoms with Gasteiger partial charge in [-0.15, -0.1) is 17.5 Å². The molecule has 14 heteroatoms. The first-order valence-electron chi connectivity index (χ1n) is 14.0. The number of aromatic nitrogens is 4. The Balaban J connectivity index is 0.00000462. The summed E-state index contributed by atoms with van der Waals surface area (Å²) >= 11 is 0. The Morgan fingerprint density at radius 2 is 1.93 bits per heavy atom. The number of fused-ring (bicyclic) bond motifs is 15. The van der Waals surface area contributed by atoms with Crippen LogP contribution in [0.1, 0.15) is 49.9 Å². The molecule has 2 atom stereocenters. The lowest BCUT2D eigenvalue weighted by atomic mass is 10.1. The van der Waals surface area contributed by atoms with Crippen LogP contribution in [0.15, 0.2) is 18.2 Å². The van der Waals surface area contributed by atoms with Gasteiger partial charge in [0.05, 0.1) is 19.7 Å². The van der Waals surface area contributed by atoms with E-state index in [2.05, 4.69) is 31.5 Å². The molecule has 0 unspecified atom stereocenters. The number of amides is 3. The second-order valence-electron chi connectivity index (χ2n) is 10.2. The predicted octanol–water partition coefficient (Wildman–Crippen LogP) is 0.789. The molecule has 4 heterocycles. The van der Waals surface area contributed by atoms with Gasteiger partial charge in [-0.05, 0) is 60.7 Å². The minimum atomic E-state index is -0.320. The lowest BCUT2D eigenvalue weighted by Crippen LogP contribution is -2.41. The molecule has 1 saturated heterocycles. The fraction of sp³-hybridized carbons (Fsp3) is 0.630. The molecule has 4 bridgehead atoms. The van der Waals surface area contributed by atoms with E-state index in [4.69, 9.17) is 9.47 Å². The zero-order valence-corrected chi connectivity index (χ0v) is 24.6. The van der Waals surface area contributed by atoms with Gasteiger partial charge in [-0.2, -0.15) is 0 Å². The summed E-state index contributed by atoms with van der Waals surface area (Å²) in [5.41, 5.74) is 0.970. The molecule has 0 spiro atoms. The molecule has 5 rings (SSSR count). The molecule has 1 aromatic heterocycles. The van der Waals surface area contributed by atoms with Crippen LogP contribution in [0.5, 0.6) is 11.5 Å². The van der Waals surface area contributed by atoms with Gasteiger partial charge in [0.25, 0.3) is 0 Å². The number of hydrogen-bond acceptors (Lipinski definition) is 9. The van der Waals surface area contributed by atoms with Crippen LogP contribution in [0.4, 0.5) is 0 Å². The maximum atomic E-state index is 13.0. The van der Waals surface area contributed by atoms with Crippen molar-refractivity contribution in [3.8, 4) is 11.5 Å². The van der Waals surface area contributed by atoms with Gasteiger partial charge in [-0.25, -0.2) is 4.68 Å². The fourth-order valence-electron chi connectivity index (χ4n) is 4.92. The molecule has 0 aliphatic carbocycles. The lowest BCUT2D eigenvalue weighted by Gasteiger charge is -2.23. The zero-order chi connectivity index (χ0) is 28.3. The van der Waals surface area contributed by atoms with Gasteiger partial charge in [0, 0.05) is 52.0 Å². The van der Waals surface area contributed by atoms with Crippen molar-refractivity contribution >= 4 is 30.1 Å². The number of nitrogens with zero attached hydrogens (tertiary/aromatic N) is 5. The molecule has 41 heavy (non-hydrogen) atoms. The smallest absolute Gasteiger partial charge is 0.237 e. The molecule has 1 fully saturated rings. The molecule has 0 radical (unpaired) electrons. The predicted molar refractivity (Wildman–Crippen MR) is 153 cm³/mol. The number of ether oxygens (including phenoxy) is 2. The summed E-state index contributed by atoms with van der Waals surface area (Å²) in [5, 5.41) is 20.6. The minimum absolute atomic E-state index is 0. The quantitative estimate of drug-likeness (QED) is 0.468. The summed E-state index contributed by atoms with van der Waals surface area (Å²) in [7, 11) is 1.59. The average Bonchev–Trinajstić information content (AvgIpc) is 3.60. The molecular formula is C27H41ClN8O5. The van der Waals surface area contributed by atoms with Crippen molar-refractivity contribution in [2.75, 3.05) is 39.8 Å². The van der Waals surface area contributed by atoms with Crippen LogP contribution >= 0.6 is 12.4 Å². The van der Waals surface area contributed by atoms with Crippen LogP contribution in [-0.4, -0.2) is 94.8 Å². The number of rotatable bonds is 4. The number of carbonyl (C=O) groups excluding carboxylic acids is 3. The van der Waals surface area contributed by atoms with Crippen molar-refractivity contribution in [1.82, 2.24) is 41.1 Å². The van der Waals surface area contributed by atoms with E-state index in [-0.39, 0.29) is 48.7 Å². The van der Waals surface area contributed by atoms with E-state index in [0.29, 0.717) is 82.3 Å². The minimum Gasteiger partial charge on any atom is -0.493 e. The number of nitrogens with one attached hydrogen (secondary N) is 3. The van der Waals surface area contributed by atoms with Gasteiger partial charge >= 0.3 is 0 Å². The van der Waals surface area contributed by atoms with E-state index in [1.54, 1.807) is 18.7 Å². The second kappa shape index (κ2) is 16.1. The average molecular weight is 593 g/mol. The highest BCUT2D eigenvalue weighted by atomic mass is 35.5. The number of benzene rings is 1. The van der Waals surface area contributed by atoms with Crippen molar-refractivity contribution < 1.29 is 23.9 Å². The summed E-state index contributed by atoms with van der Waals surface area (Å²) in [4.78, 5) is 40.0. The summed E-state index contributed by atoms with van der Waals surface area (Å²) < 4.78 is 13.3. The van der Waals surface area contributed by atoms with Crippen LogP contribution in [0, 0.1) is 6.92 Å². The second-order valence-corrected chi connectivity index (χ2v) is 10.2. The van der Waals surface area contributed by atoms with Gasteiger partial charge in [-0.3, -0.25) is 14.4 Å².